The quantitative estimate of drug-likeness (QED) is 0.455. The molecule has 144 valence electrons. The van der Waals surface area contributed by atoms with Gasteiger partial charge in [-0.15, -0.1) is 0 Å². The van der Waals surface area contributed by atoms with Gasteiger partial charge in [0, 0.05) is 28.7 Å². The van der Waals surface area contributed by atoms with Gasteiger partial charge < -0.3 is 14.6 Å². The molecule has 0 saturated heterocycles. The van der Waals surface area contributed by atoms with Crippen LogP contribution in [0.15, 0.2) is 24.3 Å². The van der Waals surface area contributed by atoms with Crippen LogP contribution in [0.25, 0.3) is 0 Å². The third kappa shape index (κ3) is 4.52. The zero-order valence-electron chi connectivity index (χ0n) is 15.9. The second-order valence-corrected chi connectivity index (χ2v) is 6.09. The minimum absolute atomic E-state index is 0.0135. The first kappa shape index (κ1) is 20.2. The predicted molar refractivity (Wildman–Crippen MR) is 101 cm³/mol. The maximum Gasteiger partial charge on any atom is 0.339 e. The highest BCUT2D eigenvalue weighted by Crippen LogP contribution is 2.24. The highest BCUT2D eigenvalue weighted by Gasteiger charge is 2.19. The number of esters is 1. The van der Waals surface area contributed by atoms with Gasteiger partial charge in [0.2, 0.25) is 5.91 Å². The first-order valence-corrected chi connectivity index (χ1v) is 8.69. The lowest BCUT2D eigenvalue weighted by Gasteiger charge is -2.11. The fraction of sp³-hybridized carbons (Fsp3) is 0.368. The molecule has 1 N–H and O–H groups in total. The Morgan fingerprint density at radius 1 is 1.22 bits per heavy atom. The number of aromatic nitrogens is 1. The molecule has 0 unspecified atom stereocenters. The van der Waals surface area contributed by atoms with E-state index in [4.69, 9.17) is 4.74 Å². The van der Waals surface area contributed by atoms with Crippen LogP contribution in [0.5, 0.6) is 0 Å². The van der Waals surface area contributed by atoms with Gasteiger partial charge in [-0.1, -0.05) is 13.0 Å². The van der Waals surface area contributed by atoms with Crippen molar-refractivity contribution in [3.05, 3.63) is 56.9 Å². The van der Waals surface area contributed by atoms with Gasteiger partial charge in [0.1, 0.15) is 6.54 Å². The van der Waals surface area contributed by atoms with E-state index in [1.807, 2.05) is 6.92 Å². The van der Waals surface area contributed by atoms with Gasteiger partial charge in [-0.2, -0.15) is 0 Å². The van der Waals surface area contributed by atoms with Crippen molar-refractivity contribution in [3.63, 3.8) is 0 Å². The Bertz CT molecular complexity index is 886. The molecule has 0 aliphatic rings. The van der Waals surface area contributed by atoms with Crippen molar-refractivity contribution in [2.45, 2.75) is 40.7 Å². The summed E-state index contributed by atoms with van der Waals surface area (Å²) in [5, 5.41) is 13.8. The van der Waals surface area contributed by atoms with Crippen molar-refractivity contribution in [2.24, 2.45) is 0 Å². The highest BCUT2D eigenvalue weighted by molar-refractivity contribution is 5.93. The molecule has 1 amide bonds. The maximum absolute atomic E-state index is 12.4. The molecule has 0 aliphatic heterocycles. The number of benzene rings is 1. The number of nitro groups is 1. The summed E-state index contributed by atoms with van der Waals surface area (Å²) < 4.78 is 6.72. The number of amides is 1. The number of nitrogens with one attached hydrogen (secondary N) is 1. The number of nitro benzene ring substituents is 1. The number of ether oxygens (including phenoxy) is 1. The summed E-state index contributed by atoms with van der Waals surface area (Å²) in [6.07, 6.45) is 0.531. The van der Waals surface area contributed by atoms with Gasteiger partial charge in [-0.05, 0) is 39.3 Å². The standard InChI is InChI=1S/C19H23N3O5/c1-5-14-7-8-15(10-17(14)22(25)26)20-18(23)11-21-12(3)9-16(13(21)4)19(24)27-6-2/h7-10H,5-6,11H2,1-4H3,(H,20,23). The number of hydrogen-bond donors (Lipinski definition) is 1. The van der Waals surface area contributed by atoms with Crippen LogP contribution in [0.1, 0.15) is 41.2 Å². The smallest absolute Gasteiger partial charge is 0.339 e. The van der Waals surface area contributed by atoms with Crippen molar-refractivity contribution < 1.29 is 19.2 Å². The molecule has 8 nitrogen and oxygen atoms in total. The number of nitrogens with zero attached hydrogens (tertiary/aromatic N) is 2. The minimum atomic E-state index is -0.458. The third-order valence-electron chi connectivity index (χ3n) is 4.32. The second-order valence-electron chi connectivity index (χ2n) is 6.09. The molecule has 0 saturated carbocycles. The second kappa shape index (κ2) is 8.48. The fourth-order valence-corrected chi connectivity index (χ4v) is 2.91. The van der Waals surface area contributed by atoms with Crippen LogP contribution in [0.2, 0.25) is 0 Å². The number of anilines is 1. The molecule has 1 aromatic heterocycles. The van der Waals surface area contributed by atoms with Gasteiger partial charge in [-0.3, -0.25) is 14.9 Å². The molecular weight excluding hydrogens is 350 g/mol. The van der Waals surface area contributed by atoms with Gasteiger partial charge in [0.15, 0.2) is 0 Å². The van der Waals surface area contributed by atoms with Gasteiger partial charge in [-0.25, -0.2) is 4.79 Å². The van der Waals surface area contributed by atoms with Crippen LogP contribution < -0.4 is 5.32 Å². The number of rotatable bonds is 7. The van der Waals surface area contributed by atoms with Crippen molar-refractivity contribution in [1.82, 2.24) is 4.57 Å². The van der Waals surface area contributed by atoms with Crippen molar-refractivity contribution in [1.29, 1.82) is 0 Å². The first-order valence-electron chi connectivity index (χ1n) is 8.69. The van der Waals surface area contributed by atoms with Gasteiger partial charge in [0.25, 0.3) is 5.69 Å². The molecule has 2 rings (SSSR count). The molecule has 1 heterocycles. The Kier molecular flexibility index (Phi) is 6.33. The van der Waals surface area contributed by atoms with Crippen LogP contribution in [0, 0.1) is 24.0 Å². The summed E-state index contributed by atoms with van der Waals surface area (Å²) in [5.74, 6) is -0.770. The topological polar surface area (TPSA) is 103 Å². The lowest BCUT2D eigenvalue weighted by atomic mass is 10.1. The predicted octanol–water partition coefficient (Wildman–Crippen LogP) is 3.39. The molecule has 1 aromatic carbocycles. The van der Waals surface area contributed by atoms with Crippen LogP contribution in [0.3, 0.4) is 0 Å². The first-order chi connectivity index (χ1) is 12.8. The van der Waals surface area contributed by atoms with E-state index >= 15 is 0 Å². The van der Waals surface area contributed by atoms with E-state index in [0.29, 0.717) is 28.9 Å². The molecule has 0 radical (unpaired) electrons. The zero-order valence-corrected chi connectivity index (χ0v) is 15.9. The minimum Gasteiger partial charge on any atom is -0.462 e. The van der Waals surface area contributed by atoms with Gasteiger partial charge >= 0.3 is 5.97 Å². The third-order valence-corrected chi connectivity index (χ3v) is 4.32. The molecule has 27 heavy (non-hydrogen) atoms. The Morgan fingerprint density at radius 2 is 1.93 bits per heavy atom. The largest absolute Gasteiger partial charge is 0.462 e. The Hall–Kier alpha value is -3.16. The number of hydrogen-bond acceptors (Lipinski definition) is 5. The van der Waals surface area contributed by atoms with Crippen LogP contribution >= 0.6 is 0 Å². The Labute approximate surface area is 157 Å². The molecule has 2 aromatic rings. The molecular formula is C19H23N3O5. The van der Waals surface area contributed by atoms with Crippen LogP contribution in [0.4, 0.5) is 11.4 Å². The van der Waals surface area contributed by atoms with E-state index in [2.05, 4.69) is 5.32 Å². The van der Waals surface area contributed by atoms with E-state index in [-0.39, 0.29) is 24.7 Å². The highest BCUT2D eigenvalue weighted by atomic mass is 16.6. The Balaban J connectivity index is 2.18. The summed E-state index contributed by atoms with van der Waals surface area (Å²) >= 11 is 0. The van der Waals surface area contributed by atoms with Crippen LogP contribution in [-0.2, 0) is 22.5 Å². The SMILES string of the molecule is CCOC(=O)c1cc(C)n(CC(=O)Nc2ccc(CC)c([N+](=O)[O-])c2)c1C. The molecule has 0 bridgehead atoms. The van der Waals surface area contributed by atoms with Crippen LogP contribution in [-0.4, -0.2) is 28.0 Å². The molecule has 0 spiro atoms. The monoisotopic (exact) mass is 373 g/mol. The lowest BCUT2D eigenvalue weighted by molar-refractivity contribution is -0.385. The molecule has 0 fully saturated rings. The summed E-state index contributed by atoms with van der Waals surface area (Å²) in [6.45, 7) is 7.36. The van der Waals surface area contributed by atoms with E-state index < -0.39 is 10.9 Å². The Morgan fingerprint density at radius 3 is 2.52 bits per heavy atom. The number of carbonyl (C=O) groups is 2. The maximum atomic E-state index is 12.4. The number of carbonyl (C=O) groups excluding carboxylic acids is 2. The summed E-state index contributed by atoms with van der Waals surface area (Å²) in [7, 11) is 0. The average Bonchev–Trinajstić information content (AvgIpc) is 2.90. The summed E-state index contributed by atoms with van der Waals surface area (Å²) in [5.41, 5.74) is 2.75. The van der Waals surface area contributed by atoms with Crippen molar-refractivity contribution >= 4 is 23.3 Å². The molecule has 8 heteroatoms. The fourth-order valence-electron chi connectivity index (χ4n) is 2.91. The molecule has 0 aliphatic carbocycles. The van der Waals surface area contributed by atoms with Crippen molar-refractivity contribution in [3.8, 4) is 0 Å². The number of aryl methyl sites for hydroxylation is 2. The summed E-state index contributed by atoms with van der Waals surface area (Å²) in [4.78, 5) is 35.1. The molecule has 0 atom stereocenters. The summed E-state index contributed by atoms with van der Waals surface area (Å²) in [6, 6.07) is 6.32. The van der Waals surface area contributed by atoms with E-state index in [1.165, 1.54) is 6.07 Å². The van der Waals surface area contributed by atoms with Gasteiger partial charge in [0.05, 0.1) is 17.1 Å². The van der Waals surface area contributed by atoms with E-state index in [1.54, 1.807) is 43.5 Å². The van der Waals surface area contributed by atoms with E-state index in [9.17, 15) is 19.7 Å². The lowest BCUT2D eigenvalue weighted by Crippen LogP contribution is -2.20. The normalized spacial score (nSPS) is 10.5. The van der Waals surface area contributed by atoms with Crippen molar-refractivity contribution in [2.75, 3.05) is 11.9 Å². The van der Waals surface area contributed by atoms with E-state index in [0.717, 1.165) is 5.69 Å². The zero-order chi connectivity index (χ0) is 20.1. The average molecular weight is 373 g/mol.